The summed E-state index contributed by atoms with van der Waals surface area (Å²) in [5.41, 5.74) is 24.8. The first-order valence-corrected chi connectivity index (χ1v) is 25.6. The van der Waals surface area contributed by atoms with E-state index >= 15 is 0 Å². The van der Waals surface area contributed by atoms with Crippen LogP contribution in [0, 0.1) is 11.8 Å². The Morgan fingerprint density at radius 3 is 1.23 bits per heavy atom. The van der Waals surface area contributed by atoms with Crippen molar-refractivity contribution in [3.8, 4) is 11.8 Å². The van der Waals surface area contributed by atoms with E-state index in [9.17, 15) is 5.53 Å². The summed E-state index contributed by atoms with van der Waals surface area (Å²) in [6.45, 7) is 13.7. The summed E-state index contributed by atoms with van der Waals surface area (Å²) < 4.78 is 10.4. The van der Waals surface area contributed by atoms with Gasteiger partial charge in [-0.1, -0.05) is 175 Å². The van der Waals surface area contributed by atoms with E-state index < -0.39 is 0 Å². The zero-order chi connectivity index (χ0) is 43.6. The Bertz CT molecular complexity index is 1530. The Hall–Kier alpha value is -2.51. The molecule has 0 bridgehead atoms. The van der Waals surface area contributed by atoms with Crippen LogP contribution in [0.4, 0.5) is 0 Å². The number of rotatable bonds is 32. The normalized spacial score (nSPS) is 12.6. The molecule has 0 atom stereocenters. The molecule has 1 heterocycles. The fourth-order valence-corrected chi connectivity index (χ4v) is 8.44. The first-order valence-electron chi connectivity index (χ1n) is 24.8. The van der Waals surface area contributed by atoms with E-state index in [1.807, 2.05) is 0 Å². The third-order valence-corrected chi connectivity index (χ3v) is 12.0. The van der Waals surface area contributed by atoms with E-state index in [-0.39, 0.29) is 0 Å². The number of unbranched alkanes of at least 4 members (excludes halogenated alkanes) is 18. The van der Waals surface area contributed by atoms with Gasteiger partial charge in [-0.3, -0.25) is 0 Å². The Balaban J connectivity index is 0.00000233. The second-order valence-electron chi connectivity index (χ2n) is 17.1. The van der Waals surface area contributed by atoms with Gasteiger partial charge in [-0.2, -0.15) is 0 Å². The van der Waals surface area contributed by atoms with Crippen LogP contribution in [0.15, 0.2) is 47.5 Å². The SMILES string of the molecule is CCCCCCCC#CC1=C(c2cc(CCCC)cc(CCCC)c2)[N+](=[N-])C(c2cc(CCCCCCCC)cc(CCCCCCCC)c2)=C1CCCC.C[O][Ni][O]C. The van der Waals surface area contributed by atoms with Gasteiger partial charge < -0.3 is 5.53 Å². The molecule has 0 aliphatic carbocycles. The fourth-order valence-electron chi connectivity index (χ4n) is 8.28. The number of hydrogen-bond donors (Lipinski definition) is 0. The van der Waals surface area contributed by atoms with Crippen LogP contribution in [0.2, 0.25) is 0 Å². The van der Waals surface area contributed by atoms with E-state index in [0.717, 1.165) is 95.4 Å². The van der Waals surface area contributed by atoms with Crippen LogP contribution in [0.3, 0.4) is 0 Å². The first-order chi connectivity index (χ1) is 29.4. The van der Waals surface area contributed by atoms with Crippen molar-refractivity contribution >= 4 is 11.4 Å². The fraction of sp³-hybridized carbons (Fsp3) is 0.673. The van der Waals surface area contributed by atoms with Gasteiger partial charge in [-0.05, 0) is 117 Å². The monoisotopic (exact) mass is 867 g/mol. The van der Waals surface area contributed by atoms with Gasteiger partial charge in [-0.25, -0.2) is 4.70 Å². The van der Waals surface area contributed by atoms with Crippen molar-refractivity contribution < 1.29 is 27.5 Å². The first kappa shape index (κ1) is 53.6. The quantitative estimate of drug-likeness (QED) is 0.0318. The van der Waals surface area contributed by atoms with E-state index in [0.29, 0.717) is 0 Å². The van der Waals surface area contributed by atoms with E-state index in [2.05, 4.69) is 97.5 Å². The minimum atomic E-state index is 0.819. The summed E-state index contributed by atoms with van der Waals surface area (Å²) >= 11 is 0.819. The summed E-state index contributed by atoms with van der Waals surface area (Å²) in [6, 6.07) is 14.5. The topological polar surface area (TPSA) is 43.8 Å². The molecule has 4 nitrogen and oxygen atoms in total. The van der Waals surface area contributed by atoms with Crippen LogP contribution in [0.5, 0.6) is 0 Å². The van der Waals surface area contributed by atoms with Gasteiger partial charge in [0, 0.05) is 23.1 Å². The van der Waals surface area contributed by atoms with Crippen LogP contribution in [0.1, 0.15) is 235 Å². The predicted molar refractivity (Wildman–Crippen MR) is 256 cm³/mol. The number of allylic oxidation sites excluding steroid dienone is 2. The van der Waals surface area contributed by atoms with E-state index in [1.165, 1.54) is 162 Å². The number of nitrogens with zero attached hydrogens (tertiary/aromatic N) is 2. The van der Waals surface area contributed by atoms with Gasteiger partial charge in [0.15, 0.2) is 0 Å². The standard InChI is InChI=1S/C53H82N2.2CH3O.Ni/c1-7-13-19-22-25-28-31-37-51-50(36-18-12-6)52(55(54)53(51)48-40-44(32-16-10-4)38-45(41-48)33-17-11-5)49-42-46(34-29-26-23-20-14-8-2)39-47(43-49)35-30-27-24-21-15-9-3;2*1-2;/h38-43H,7-30,32-36H2,1-6H3;2*1H3;/q;2*-1;+2. The number of benzene rings is 2. The molecular formula is C55H88N2NiO2. The summed E-state index contributed by atoms with van der Waals surface area (Å²) in [5, 5.41) is 0. The molecule has 0 spiro atoms. The van der Waals surface area contributed by atoms with Crippen LogP contribution in [-0.2, 0) is 48.5 Å². The van der Waals surface area contributed by atoms with Gasteiger partial charge >= 0.3 is 37.1 Å². The Morgan fingerprint density at radius 1 is 0.450 bits per heavy atom. The third-order valence-electron chi connectivity index (χ3n) is 11.7. The summed E-state index contributed by atoms with van der Waals surface area (Å²) in [7, 11) is 3.12. The zero-order valence-corrected chi connectivity index (χ0v) is 41.0. The number of aryl methyl sites for hydroxylation is 4. The van der Waals surface area contributed by atoms with Crippen molar-refractivity contribution in [1.82, 2.24) is 0 Å². The molecule has 0 N–H and O–H groups in total. The van der Waals surface area contributed by atoms with E-state index in [1.54, 1.807) is 18.9 Å². The summed E-state index contributed by atoms with van der Waals surface area (Å²) in [4.78, 5) is 0. The molecule has 1 aliphatic heterocycles. The molecule has 0 fully saturated rings. The van der Waals surface area contributed by atoms with Crippen LogP contribution >= 0.6 is 0 Å². The van der Waals surface area contributed by atoms with Gasteiger partial charge in [0.1, 0.15) is 5.57 Å². The second kappa shape index (κ2) is 35.0. The molecule has 2 aromatic rings. The molecular weight excluding hydrogens is 779 g/mol. The van der Waals surface area contributed by atoms with Gasteiger partial charge in [0.2, 0.25) is 11.4 Å². The molecule has 0 saturated carbocycles. The van der Waals surface area contributed by atoms with Crippen LogP contribution in [0.25, 0.3) is 16.9 Å². The molecule has 60 heavy (non-hydrogen) atoms. The van der Waals surface area contributed by atoms with Crippen LogP contribution < -0.4 is 0 Å². The van der Waals surface area contributed by atoms with Crippen molar-refractivity contribution in [3.05, 3.63) is 86.5 Å². The maximum absolute atomic E-state index is 12.7. The molecule has 0 amide bonds. The number of hydrogen-bond acceptors (Lipinski definition) is 2. The van der Waals surface area contributed by atoms with E-state index in [4.69, 9.17) is 0 Å². The predicted octanol–water partition coefficient (Wildman–Crippen LogP) is 17.1. The van der Waals surface area contributed by atoms with Gasteiger partial charge in [0.05, 0.1) is 0 Å². The molecule has 5 heteroatoms. The molecule has 3 rings (SSSR count). The van der Waals surface area contributed by atoms with Gasteiger partial charge in [-0.15, -0.1) is 0 Å². The van der Waals surface area contributed by atoms with Crippen molar-refractivity contribution in [2.24, 2.45) is 0 Å². The third kappa shape index (κ3) is 21.0. The molecule has 0 unspecified atom stereocenters. The molecule has 0 saturated heterocycles. The average Bonchev–Trinajstić information content (AvgIpc) is 3.53. The van der Waals surface area contributed by atoms with Crippen LogP contribution in [-0.4, -0.2) is 18.9 Å². The Morgan fingerprint density at radius 2 is 0.817 bits per heavy atom. The van der Waals surface area contributed by atoms with Crippen molar-refractivity contribution in [2.45, 2.75) is 228 Å². The maximum atomic E-state index is 12.7. The summed E-state index contributed by atoms with van der Waals surface area (Å²) in [5.74, 6) is 7.39. The Labute approximate surface area is 377 Å². The molecule has 2 aromatic carbocycles. The van der Waals surface area contributed by atoms with Crippen molar-refractivity contribution in [1.29, 1.82) is 0 Å². The molecule has 0 radical (unpaired) electrons. The molecule has 340 valence electrons. The van der Waals surface area contributed by atoms with Crippen molar-refractivity contribution in [2.75, 3.05) is 14.2 Å². The van der Waals surface area contributed by atoms with Gasteiger partial charge in [0.25, 0.3) is 0 Å². The minimum absolute atomic E-state index is 0.819. The molecule has 0 aromatic heterocycles. The summed E-state index contributed by atoms with van der Waals surface area (Å²) in [6.07, 6.45) is 35.1. The second-order valence-corrected chi connectivity index (χ2v) is 18.0. The average molecular weight is 868 g/mol. The van der Waals surface area contributed by atoms with Crippen molar-refractivity contribution in [3.63, 3.8) is 0 Å². The molecule has 1 aliphatic rings. The zero-order valence-electron chi connectivity index (χ0n) is 40.0. The Kier molecular flexibility index (Phi) is 31.3.